The van der Waals surface area contributed by atoms with Crippen molar-refractivity contribution in [2.75, 3.05) is 5.32 Å². The second-order valence-electron chi connectivity index (χ2n) is 5.12. The van der Waals surface area contributed by atoms with E-state index in [1.54, 1.807) is 18.2 Å². The van der Waals surface area contributed by atoms with Crippen LogP contribution in [0.1, 0.15) is 4.88 Å². The van der Waals surface area contributed by atoms with E-state index in [2.05, 4.69) is 15.3 Å². The molecule has 1 amide bonds. The van der Waals surface area contributed by atoms with Gasteiger partial charge < -0.3 is 10.4 Å². The number of nitrogens with zero attached hydrogens (tertiary/aromatic N) is 2. The van der Waals surface area contributed by atoms with Crippen molar-refractivity contribution >= 4 is 45.2 Å². The third-order valence-corrected chi connectivity index (χ3v) is 4.73. The molecule has 0 saturated carbocycles. The van der Waals surface area contributed by atoms with Crippen LogP contribution in [0.4, 0.5) is 10.8 Å². The fourth-order valence-corrected chi connectivity index (χ4v) is 3.62. The summed E-state index contributed by atoms with van der Waals surface area (Å²) < 4.78 is 0. The SMILES string of the molecule is O=C1N=c2ccccc2=C1c1sc(Nc2cccc(Cl)c2)nc1O. The molecule has 7 heteroatoms. The Bertz CT molecular complexity index is 1090. The lowest BCUT2D eigenvalue weighted by atomic mass is 10.1. The monoisotopic (exact) mass is 355 g/mol. The van der Waals surface area contributed by atoms with Crippen LogP contribution < -0.4 is 15.9 Å². The van der Waals surface area contributed by atoms with E-state index in [1.165, 1.54) is 11.3 Å². The van der Waals surface area contributed by atoms with Gasteiger partial charge in [-0.15, -0.1) is 0 Å². The Morgan fingerprint density at radius 2 is 1.96 bits per heavy atom. The number of amides is 1. The molecule has 2 aromatic carbocycles. The highest BCUT2D eigenvalue weighted by atomic mass is 35.5. The molecule has 1 aliphatic heterocycles. The fraction of sp³-hybridized carbons (Fsp3) is 0. The predicted octanol–water partition coefficient (Wildman–Crippen LogP) is 2.60. The summed E-state index contributed by atoms with van der Waals surface area (Å²) in [7, 11) is 0. The molecule has 0 aliphatic carbocycles. The van der Waals surface area contributed by atoms with Gasteiger partial charge >= 0.3 is 0 Å². The van der Waals surface area contributed by atoms with Crippen molar-refractivity contribution in [1.29, 1.82) is 0 Å². The van der Waals surface area contributed by atoms with Crippen LogP contribution in [0.2, 0.25) is 5.02 Å². The molecule has 0 radical (unpaired) electrons. The summed E-state index contributed by atoms with van der Waals surface area (Å²) in [4.78, 5) is 20.7. The maximum atomic E-state index is 12.2. The highest BCUT2D eigenvalue weighted by molar-refractivity contribution is 7.17. The van der Waals surface area contributed by atoms with Crippen molar-refractivity contribution in [3.05, 3.63) is 69.0 Å². The molecule has 24 heavy (non-hydrogen) atoms. The number of para-hydroxylation sites is 1. The number of carbonyl (C=O) groups is 1. The maximum Gasteiger partial charge on any atom is 0.279 e. The van der Waals surface area contributed by atoms with E-state index in [0.717, 1.165) is 5.69 Å². The number of fused-ring (bicyclic) bond motifs is 1. The molecular weight excluding hydrogens is 346 g/mol. The summed E-state index contributed by atoms with van der Waals surface area (Å²) >= 11 is 7.15. The molecule has 2 N–H and O–H groups in total. The average molecular weight is 356 g/mol. The van der Waals surface area contributed by atoms with Crippen molar-refractivity contribution in [3.8, 4) is 5.88 Å². The Hall–Kier alpha value is -2.70. The lowest BCUT2D eigenvalue weighted by Gasteiger charge is -2.01. The molecule has 0 bridgehead atoms. The second kappa shape index (κ2) is 5.74. The molecule has 2 heterocycles. The van der Waals surface area contributed by atoms with Crippen LogP contribution in [-0.4, -0.2) is 16.0 Å². The minimum absolute atomic E-state index is 0.195. The average Bonchev–Trinajstić information content (AvgIpc) is 3.06. The van der Waals surface area contributed by atoms with Crippen LogP contribution >= 0.6 is 22.9 Å². The Morgan fingerprint density at radius 3 is 2.79 bits per heavy atom. The van der Waals surface area contributed by atoms with E-state index in [0.29, 0.717) is 31.2 Å². The summed E-state index contributed by atoms with van der Waals surface area (Å²) in [6.07, 6.45) is 0. The topological polar surface area (TPSA) is 74.6 Å². The van der Waals surface area contributed by atoms with Gasteiger partial charge in [-0.3, -0.25) is 4.79 Å². The van der Waals surface area contributed by atoms with Crippen LogP contribution in [0.5, 0.6) is 5.88 Å². The first kappa shape index (κ1) is 14.9. The minimum Gasteiger partial charge on any atom is -0.492 e. The number of halogens is 1. The molecule has 118 valence electrons. The van der Waals surface area contributed by atoms with Crippen LogP contribution in [0, 0.1) is 0 Å². The predicted molar refractivity (Wildman–Crippen MR) is 93.3 cm³/mol. The number of hydrogen-bond donors (Lipinski definition) is 2. The summed E-state index contributed by atoms with van der Waals surface area (Å²) in [6, 6.07) is 14.4. The van der Waals surface area contributed by atoms with Gasteiger partial charge in [0.05, 0.1) is 10.9 Å². The molecule has 5 nitrogen and oxygen atoms in total. The summed E-state index contributed by atoms with van der Waals surface area (Å²) in [5.74, 6) is -0.566. The van der Waals surface area contributed by atoms with Crippen molar-refractivity contribution < 1.29 is 9.90 Å². The number of anilines is 2. The van der Waals surface area contributed by atoms with Gasteiger partial charge in [0.25, 0.3) is 5.91 Å². The van der Waals surface area contributed by atoms with E-state index in [-0.39, 0.29) is 11.8 Å². The molecule has 4 rings (SSSR count). The molecule has 0 fully saturated rings. The first-order chi connectivity index (χ1) is 11.6. The van der Waals surface area contributed by atoms with Crippen LogP contribution in [0.25, 0.3) is 5.57 Å². The number of aromatic hydroxyl groups is 1. The highest BCUT2D eigenvalue weighted by Gasteiger charge is 2.24. The first-order valence-electron chi connectivity index (χ1n) is 7.07. The number of aromatic nitrogens is 1. The van der Waals surface area contributed by atoms with Gasteiger partial charge in [-0.2, -0.15) is 4.98 Å². The van der Waals surface area contributed by atoms with E-state index in [1.807, 2.05) is 30.3 Å². The maximum absolute atomic E-state index is 12.2. The number of benzene rings is 2. The third kappa shape index (κ3) is 2.55. The third-order valence-electron chi connectivity index (χ3n) is 3.52. The smallest absolute Gasteiger partial charge is 0.279 e. The van der Waals surface area contributed by atoms with Gasteiger partial charge in [0.2, 0.25) is 5.88 Å². The molecule has 0 saturated heterocycles. The fourth-order valence-electron chi connectivity index (χ4n) is 2.50. The van der Waals surface area contributed by atoms with Crippen molar-refractivity contribution in [1.82, 2.24) is 4.98 Å². The minimum atomic E-state index is -0.371. The van der Waals surface area contributed by atoms with Gasteiger partial charge in [-0.1, -0.05) is 47.2 Å². The van der Waals surface area contributed by atoms with Crippen LogP contribution in [-0.2, 0) is 4.79 Å². The number of carbonyl (C=O) groups excluding carboxylic acids is 1. The van der Waals surface area contributed by atoms with Gasteiger partial charge in [0.15, 0.2) is 5.13 Å². The standard InChI is InChI=1S/C17H10ClN3O2S/c18-9-4-3-5-10(8-9)19-17-21-16(23)14(24-17)13-11-6-1-2-7-12(11)20-15(13)22/h1-8,23H,(H,19,21). The van der Waals surface area contributed by atoms with Gasteiger partial charge in [0, 0.05) is 15.9 Å². The second-order valence-corrected chi connectivity index (χ2v) is 6.55. The Balaban J connectivity index is 1.78. The first-order valence-corrected chi connectivity index (χ1v) is 8.26. The van der Waals surface area contributed by atoms with Gasteiger partial charge in [-0.25, -0.2) is 4.99 Å². The van der Waals surface area contributed by atoms with E-state index < -0.39 is 0 Å². The zero-order valence-corrected chi connectivity index (χ0v) is 13.7. The molecular formula is C17H10ClN3O2S. The van der Waals surface area contributed by atoms with E-state index >= 15 is 0 Å². The Labute approximate surface area is 145 Å². The number of rotatable bonds is 3. The Kier molecular flexibility index (Phi) is 3.55. The van der Waals surface area contributed by atoms with Crippen molar-refractivity contribution in [2.24, 2.45) is 4.99 Å². The number of hydrogen-bond acceptors (Lipinski definition) is 5. The molecule has 0 atom stereocenters. The lowest BCUT2D eigenvalue weighted by molar-refractivity contribution is -0.112. The van der Waals surface area contributed by atoms with Gasteiger partial charge in [0.1, 0.15) is 4.88 Å². The van der Waals surface area contributed by atoms with Crippen molar-refractivity contribution in [3.63, 3.8) is 0 Å². The largest absolute Gasteiger partial charge is 0.492 e. The summed E-state index contributed by atoms with van der Waals surface area (Å²) in [5.41, 5.74) is 1.12. The molecule has 0 unspecified atom stereocenters. The zero-order valence-electron chi connectivity index (χ0n) is 12.2. The number of nitrogens with one attached hydrogen (secondary N) is 1. The van der Waals surface area contributed by atoms with Crippen LogP contribution in [0.15, 0.2) is 53.5 Å². The molecule has 1 aromatic heterocycles. The van der Waals surface area contributed by atoms with Gasteiger partial charge in [-0.05, 0) is 24.3 Å². The Morgan fingerprint density at radius 1 is 1.12 bits per heavy atom. The zero-order chi connectivity index (χ0) is 16.7. The molecule has 3 aromatic rings. The van der Waals surface area contributed by atoms with Crippen LogP contribution in [0.3, 0.4) is 0 Å². The van der Waals surface area contributed by atoms with Crippen molar-refractivity contribution in [2.45, 2.75) is 0 Å². The number of thiazole rings is 1. The molecule has 0 spiro atoms. The summed E-state index contributed by atoms with van der Waals surface area (Å²) in [5, 5.41) is 15.6. The summed E-state index contributed by atoms with van der Waals surface area (Å²) in [6.45, 7) is 0. The quantitative estimate of drug-likeness (QED) is 0.757. The normalized spacial score (nSPS) is 12.9. The molecule has 1 aliphatic rings. The highest BCUT2D eigenvalue weighted by Crippen LogP contribution is 2.35. The lowest BCUT2D eigenvalue weighted by Crippen LogP contribution is -2.22. The van der Waals surface area contributed by atoms with E-state index in [4.69, 9.17) is 11.6 Å². The van der Waals surface area contributed by atoms with E-state index in [9.17, 15) is 9.90 Å².